The minimum atomic E-state index is -0.0213. The van der Waals surface area contributed by atoms with Gasteiger partial charge in [0, 0.05) is 31.1 Å². The van der Waals surface area contributed by atoms with Crippen LogP contribution in [0.3, 0.4) is 0 Å². The first-order valence-electron chi connectivity index (χ1n) is 8.85. The Morgan fingerprint density at radius 3 is 2.77 bits per heavy atom. The summed E-state index contributed by atoms with van der Waals surface area (Å²) in [6.45, 7) is 5.82. The summed E-state index contributed by atoms with van der Waals surface area (Å²) in [5, 5.41) is 2.75. The van der Waals surface area contributed by atoms with Crippen molar-refractivity contribution >= 4 is 56.4 Å². The Balaban J connectivity index is 1.73. The van der Waals surface area contributed by atoms with Crippen molar-refractivity contribution in [3.63, 3.8) is 0 Å². The molecule has 2 heterocycles. The molecule has 0 aliphatic carbocycles. The number of benzene rings is 1. The van der Waals surface area contributed by atoms with Crippen LogP contribution >= 0.6 is 35.3 Å². The van der Waals surface area contributed by atoms with E-state index in [-0.39, 0.29) is 5.91 Å². The van der Waals surface area contributed by atoms with Crippen LogP contribution in [0, 0.1) is 0 Å². The summed E-state index contributed by atoms with van der Waals surface area (Å²) < 4.78 is 0.955. The Morgan fingerprint density at radius 1 is 1.35 bits per heavy atom. The molecule has 2 aromatic rings. The van der Waals surface area contributed by atoms with Crippen LogP contribution in [-0.4, -0.2) is 33.2 Å². The highest BCUT2D eigenvalue weighted by atomic mass is 32.2. The average molecular weight is 406 g/mol. The quantitative estimate of drug-likeness (QED) is 0.654. The van der Waals surface area contributed by atoms with Gasteiger partial charge in [0.25, 0.3) is 0 Å². The summed E-state index contributed by atoms with van der Waals surface area (Å²) in [6, 6.07) is 8.01. The van der Waals surface area contributed by atoms with Crippen LogP contribution in [0.2, 0.25) is 0 Å². The van der Waals surface area contributed by atoms with Crippen LogP contribution in [0.1, 0.15) is 37.9 Å². The molecule has 7 heteroatoms. The summed E-state index contributed by atoms with van der Waals surface area (Å²) in [7, 11) is 0. The van der Waals surface area contributed by atoms with Gasteiger partial charge in [0.15, 0.2) is 5.13 Å². The van der Waals surface area contributed by atoms with Gasteiger partial charge in [-0.25, -0.2) is 4.98 Å². The highest BCUT2D eigenvalue weighted by Crippen LogP contribution is 2.32. The van der Waals surface area contributed by atoms with E-state index >= 15 is 0 Å². The molecular weight excluding hydrogens is 382 g/mol. The molecule has 1 fully saturated rings. The molecule has 1 aromatic heterocycles. The lowest BCUT2D eigenvalue weighted by molar-refractivity contribution is -0.115. The van der Waals surface area contributed by atoms with E-state index in [1.54, 1.807) is 23.6 Å². The van der Waals surface area contributed by atoms with Gasteiger partial charge in [-0.15, -0.1) is 11.3 Å². The molecule has 0 spiro atoms. The minimum absolute atomic E-state index is 0.0213. The van der Waals surface area contributed by atoms with Crippen molar-refractivity contribution in [2.24, 2.45) is 0 Å². The van der Waals surface area contributed by atoms with Crippen LogP contribution in [0.25, 0.3) is 0 Å². The maximum Gasteiger partial charge on any atom is 0.230 e. The predicted octanol–water partition coefficient (Wildman–Crippen LogP) is 5.00. The van der Waals surface area contributed by atoms with Gasteiger partial charge in [0.1, 0.15) is 4.32 Å². The Morgan fingerprint density at radius 2 is 2.08 bits per heavy atom. The molecule has 1 aliphatic heterocycles. The van der Waals surface area contributed by atoms with Gasteiger partial charge in [0.2, 0.25) is 5.91 Å². The topological polar surface area (TPSA) is 36.4 Å². The Kier molecular flexibility index (Phi) is 6.67. The highest BCUT2D eigenvalue weighted by molar-refractivity contribution is 8.22. The number of hydrogen-bond acceptors (Lipinski definition) is 5. The summed E-state index contributed by atoms with van der Waals surface area (Å²) in [6.07, 6.45) is 3.33. The lowest BCUT2D eigenvalue weighted by Crippen LogP contribution is -2.24. The molecule has 1 aromatic carbocycles. The molecule has 0 atom stereocenters. The van der Waals surface area contributed by atoms with Crippen LogP contribution in [0.15, 0.2) is 29.6 Å². The fourth-order valence-corrected chi connectivity index (χ4v) is 5.16. The number of amides is 1. The van der Waals surface area contributed by atoms with E-state index in [9.17, 15) is 4.79 Å². The van der Waals surface area contributed by atoms with Crippen molar-refractivity contribution in [1.82, 2.24) is 9.88 Å². The summed E-state index contributed by atoms with van der Waals surface area (Å²) >= 11 is 8.69. The summed E-state index contributed by atoms with van der Waals surface area (Å²) in [4.78, 5) is 21.0. The molecule has 26 heavy (non-hydrogen) atoms. The molecule has 138 valence electrons. The van der Waals surface area contributed by atoms with E-state index in [1.165, 1.54) is 24.2 Å². The number of thioether (sulfide) groups is 1. The molecule has 0 unspecified atom stereocenters. The van der Waals surface area contributed by atoms with E-state index < -0.39 is 0 Å². The van der Waals surface area contributed by atoms with Gasteiger partial charge >= 0.3 is 0 Å². The molecule has 0 radical (unpaired) electrons. The highest BCUT2D eigenvalue weighted by Gasteiger charge is 2.21. The number of carbonyl (C=O) groups excluding carboxylic acids is 1. The fraction of sp³-hybridized carbons (Fsp3) is 0.421. The third-order valence-corrected chi connectivity index (χ3v) is 6.80. The van der Waals surface area contributed by atoms with Gasteiger partial charge in [-0.2, -0.15) is 0 Å². The molecular formula is C19H23N3OS3. The SMILES string of the molecule is CCc1ccccc1N(C(C)=O)c1nc(CSC(=S)N2CCCC2)cs1. The lowest BCUT2D eigenvalue weighted by Gasteiger charge is -2.21. The van der Waals surface area contributed by atoms with Gasteiger partial charge in [-0.05, 0) is 30.9 Å². The molecule has 0 bridgehead atoms. The van der Waals surface area contributed by atoms with Gasteiger partial charge in [-0.3, -0.25) is 9.69 Å². The van der Waals surface area contributed by atoms with Crippen molar-refractivity contribution in [3.8, 4) is 0 Å². The number of carbonyl (C=O) groups is 1. The average Bonchev–Trinajstić information content (AvgIpc) is 3.32. The second kappa shape index (κ2) is 8.97. The molecule has 4 nitrogen and oxygen atoms in total. The van der Waals surface area contributed by atoms with E-state index in [0.717, 1.165) is 51.7 Å². The van der Waals surface area contributed by atoms with Crippen molar-refractivity contribution in [2.75, 3.05) is 18.0 Å². The Hall–Kier alpha value is -1.44. The van der Waals surface area contributed by atoms with Gasteiger partial charge in [0.05, 0.1) is 11.4 Å². The number of para-hydroxylation sites is 1. The number of thiazole rings is 1. The second-order valence-corrected chi connectivity index (χ2v) is 8.65. The molecule has 3 rings (SSSR count). The zero-order valence-electron chi connectivity index (χ0n) is 15.1. The number of likely N-dealkylation sites (tertiary alicyclic amines) is 1. The zero-order chi connectivity index (χ0) is 18.5. The van der Waals surface area contributed by atoms with Gasteiger partial charge in [-0.1, -0.05) is 49.1 Å². The molecule has 0 saturated carbocycles. The van der Waals surface area contributed by atoms with Crippen molar-refractivity contribution < 1.29 is 4.79 Å². The van der Waals surface area contributed by atoms with E-state index in [4.69, 9.17) is 17.2 Å². The molecule has 1 saturated heterocycles. The summed E-state index contributed by atoms with van der Waals surface area (Å²) in [5.74, 6) is 0.722. The second-order valence-electron chi connectivity index (χ2n) is 6.21. The first-order chi connectivity index (χ1) is 12.6. The first-order valence-corrected chi connectivity index (χ1v) is 11.1. The minimum Gasteiger partial charge on any atom is -0.358 e. The van der Waals surface area contributed by atoms with Crippen LogP contribution < -0.4 is 4.90 Å². The lowest BCUT2D eigenvalue weighted by atomic mass is 10.1. The normalized spacial score (nSPS) is 13.8. The smallest absolute Gasteiger partial charge is 0.230 e. The molecule has 0 N–H and O–H groups in total. The third-order valence-electron chi connectivity index (χ3n) is 4.37. The number of thiocarbonyl (C=S) groups is 1. The maximum absolute atomic E-state index is 12.3. The van der Waals surface area contributed by atoms with Crippen LogP contribution in [0.4, 0.5) is 10.8 Å². The summed E-state index contributed by atoms with van der Waals surface area (Å²) in [5.41, 5.74) is 3.03. The van der Waals surface area contributed by atoms with Gasteiger partial charge < -0.3 is 4.90 Å². The van der Waals surface area contributed by atoms with Crippen LogP contribution in [0.5, 0.6) is 0 Å². The largest absolute Gasteiger partial charge is 0.358 e. The zero-order valence-corrected chi connectivity index (χ0v) is 17.6. The molecule has 1 aliphatic rings. The number of rotatable bonds is 5. The maximum atomic E-state index is 12.3. The standard InChI is InChI=1S/C19H23N3OS3/c1-3-15-8-4-5-9-17(15)22(14(2)23)18-20-16(12-25-18)13-26-19(24)21-10-6-7-11-21/h4-5,8-9,12H,3,6-7,10-11,13H2,1-2H3. The third kappa shape index (κ3) is 4.45. The van der Waals surface area contributed by atoms with Crippen LogP contribution in [-0.2, 0) is 17.0 Å². The number of aryl methyl sites for hydroxylation is 1. The van der Waals surface area contributed by atoms with E-state index in [1.807, 2.05) is 23.6 Å². The molecule has 1 amide bonds. The number of nitrogens with zero attached hydrogens (tertiary/aromatic N) is 3. The van der Waals surface area contributed by atoms with Crippen molar-refractivity contribution in [1.29, 1.82) is 0 Å². The Labute approximate surface area is 168 Å². The predicted molar refractivity (Wildman–Crippen MR) is 115 cm³/mol. The Bertz CT molecular complexity index is 784. The fourth-order valence-electron chi connectivity index (χ4n) is 3.03. The van der Waals surface area contributed by atoms with Crippen molar-refractivity contribution in [3.05, 3.63) is 40.9 Å². The van der Waals surface area contributed by atoms with E-state index in [0.29, 0.717) is 0 Å². The monoisotopic (exact) mass is 405 g/mol. The van der Waals surface area contributed by atoms with Crippen molar-refractivity contribution in [2.45, 2.75) is 38.9 Å². The number of aromatic nitrogens is 1. The van der Waals surface area contributed by atoms with E-state index in [2.05, 4.69) is 17.9 Å². The number of hydrogen-bond donors (Lipinski definition) is 0. The first kappa shape index (κ1) is 19.3. The number of anilines is 2.